The van der Waals surface area contributed by atoms with Gasteiger partial charge in [-0.05, 0) is 36.4 Å². The summed E-state index contributed by atoms with van der Waals surface area (Å²) in [7, 11) is -3.55. The van der Waals surface area contributed by atoms with Crippen LogP contribution in [-0.4, -0.2) is 44.9 Å². The number of hydrogen-bond acceptors (Lipinski definition) is 4. The van der Waals surface area contributed by atoms with Crippen molar-refractivity contribution in [3.63, 3.8) is 0 Å². The van der Waals surface area contributed by atoms with E-state index in [9.17, 15) is 17.6 Å². The topological polar surface area (TPSA) is 75.7 Å². The summed E-state index contributed by atoms with van der Waals surface area (Å²) in [5.74, 6) is -0.703. The maximum Gasteiger partial charge on any atom is 0.251 e. The zero-order valence-electron chi connectivity index (χ0n) is 15.3. The predicted molar refractivity (Wildman–Crippen MR) is 101 cm³/mol. The Morgan fingerprint density at radius 1 is 1.07 bits per heavy atom. The van der Waals surface area contributed by atoms with Crippen LogP contribution >= 0.6 is 0 Å². The molecule has 0 fully saturated rings. The van der Waals surface area contributed by atoms with Gasteiger partial charge in [0.1, 0.15) is 6.61 Å². The molecule has 27 heavy (non-hydrogen) atoms. The number of para-hydroxylation sites is 1. The second-order valence-corrected chi connectivity index (χ2v) is 7.59. The number of sulfonamides is 1. The number of ether oxygens (including phenoxy) is 1. The highest BCUT2D eigenvalue weighted by atomic mass is 32.2. The quantitative estimate of drug-likeness (QED) is 0.664. The molecule has 0 aliphatic heterocycles. The number of hydrogen-bond donors (Lipinski definition) is 1. The lowest BCUT2D eigenvalue weighted by Crippen LogP contribution is -2.31. The molecule has 0 spiro atoms. The molecule has 0 unspecified atom stereocenters. The molecule has 2 aromatic rings. The van der Waals surface area contributed by atoms with E-state index in [4.69, 9.17) is 4.74 Å². The molecule has 146 valence electrons. The second-order valence-electron chi connectivity index (χ2n) is 5.65. The van der Waals surface area contributed by atoms with Crippen LogP contribution in [0.3, 0.4) is 0 Å². The van der Waals surface area contributed by atoms with E-state index in [1.807, 2.05) is 0 Å². The van der Waals surface area contributed by atoms with E-state index in [-0.39, 0.29) is 29.7 Å². The molecule has 1 amide bonds. The fourth-order valence-corrected chi connectivity index (χ4v) is 3.94. The first kappa shape index (κ1) is 20.9. The smallest absolute Gasteiger partial charge is 0.251 e. The van der Waals surface area contributed by atoms with Crippen molar-refractivity contribution in [3.8, 4) is 5.75 Å². The minimum Gasteiger partial charge on any atom is -0.489 e. The van der Waals surface area contributed by atoms with Crippen LogP contribution in [0.5, 0.6) is 5.75 Å². The van der Waals surface area contributed by atoms with Crippen LogP contribution in [-0.2, 0) is 10.0 Å². The van der Waals surface area contributed by atoms with Gasteiger partial charge < -0.3 is 10.1 Å². The maximum absolute atomic E-state index is 13.4. The van der Waals surface area contributed by atoms with Gasteiger partial charge in [0.15, 0.2) is 11.6 Å². The molecule has 0 aliphatic rings. The van der Waals surface area contributed by atoms with E-state index in [1.165, 1.54) is 40.7 Å². The van der Waals surface area contributed by atoms with Crippen LogP contribution in [0.2, 0.25) is 0 Å². The molecule has 0 aliphatic carbocycles. The Morgan fingerprint density at radius 2 is 1.70 bits per heavy atom. The number of carbonyl (C=O) groups is 1. The largest absolute Gasteiger partial charge is 0.489 e. The van der Waals surface area contributed by atoms with Crippen LogP contribution < -0.4 is 10.1 Å². The van der Waals surface area contributed by atoms with Crippen LogP contribution in [0.15, 0.2) is 53.4 Å². The molecule has 2 aromatic carbocycles. The van der Waals surface area contributed by atoms with Gasteiger partial charge in [-0.1, -0.05) is 26.0 Å². The van der Waals surface area contributed by atoms with E-state index in [1.54, 1.807) is 26.0 Å². The normalized spacial score (nSPS) is 11.4. The minimum absolute atomic E-state index is 0.112. The zero-order chi connectivity index (χ0) is 19.9. The number of rotatable bonds is 9. The maximum atomic E-state index is 13.4. The van der Waals surface area contributed by atoms with Crippen molar-refractivity contribution in [2.75, 3.05) is 26.2 Å². The summed E-state index contributed by atoms with van der Waals surface area (Å²) in [6, 6.07) is 11.8. The Morgan fingerprint density at radius 3 is 2.30 bits per heavy atom. The molecule has 0 heterocycles. The number of amides is 1. The van der Waals surface area contributed by atoms with Gasteiger partial charge in [0.2, 0.25) is 10.0 Å². The minimum atomic E-state index is -3.55. The fraction of sp³-hybridized carbons (Fsp3) is 0.316. The van der Waals surface area contributed by atoms with E-state index < -0.39 is 15.8 Å². The molecule has 2 rings (SSSR count). The van der Waals surface area contributed by atoms with E-state index >= 15 is 0 Å². The Kier molecular flexibility index (Phi) is 7.32. The van der Waals surface area contributed by atoms with Crippen molar-refractivity contribution >= 4 is 15.9 Å². The number of nitrogens with zero attached hydrogens (tertiary/aromatic N) is 1. The van der Waals surface area contributed by atoms with E-state index in [2.05, 4.69) is 5.32 Å². The third-order valence-corrected chi connectivity index (χ3v) is 6.01. The molecular formula is C19H23FN2O4S. The van der Waals surface area contributed by atoms with Crippen molar-refractivity contribution in [2.45, 2.75) is 18.7 Å². The third kappa shape index (κ3) is 5.27. The highest BCUT2D eigenvalue weighted by molar-refractivity contribution is 7.89. The van der Waals surface area contributed by atoms with Gasteiger partial charge in [0.25, 0.3) is 5.91 Å². The molecule has 0 aromatic heterocycles. The molecule has 0 atom stereocenters. The molecule has 0 saturated heterocycles. The Bertz CT molecular complexity index is 866. The van der Waals surface area contributed by atoms with Crippen LogP contribution in [0.25, 0.3) is 0 Å². The van der Waals surface area contributed by atoms with Crippen molar-refractivity contribution in [1.82, 2.24) is 9.62 Å². The van der Waals surface area contributed by atoms with Crippen molar-refractivity contribution in [2.24, 2.45) is 0 Å². The number of nitrogens with one attached hydrogen (secondary N) is 1. The molecule has 0 bridgehead atoms. The zero-order valence-corrected chi connectivity index (χ0v) is 16.1. The molecule has 0 radical (unpaired) electrons. The first-order chi connectivity index (χ1) is 12.9. The standard InChI is InChI=1S/C19H23FN2O4S/c1-3-22(4-2)27(24,25)16-11-9-15(10-12-16)19(23)21-13-14-26-18-8-6-5-7-17(18)20/h5-12H,3-4,13-14H2,1-2H3,(H,21,23). The van der Waals surface area contributed by atoms with Gasteiger partial charge in [-0.15, -0.1) is 0 Å². The number of carbonyl (C=O) groups excluding carboxylic acids is 1. The van der Waals surface area contributed by atoms with Crippen LogP contribution in [0.1, 0.15) is 24.2 Å². The number of benzene rings is 2. The van der Waals surface area contributed by atoms with Crippen molar-refractivity contribution in [1.29, 1.82) is 0 Å². The van der Waals surface area contributed by atoms with Crippen LogP contribution in [0.4, 0.5) is 4.39 Å². The summed E-state index contributed by atoms with van der Waals surface area (Å²) in [5, 5.41) is 2.65. The molecule has 0 saturated carbocycles. The van der Waals surface area contributed by atoms with E-state index in [0.717, 1.165) is 0 Å². The lowest BCUT2D eigenvalue weighted by atomic mass is 10.2. The second kappa shape index (κ2) is 9.48. The van der Waals surface area contributed by atoms with Gasteiger partial charge >= 0.3 is 0 Å². The highest BCUT2D eigenvalue weighted by Gasteiger charge is 2.21. The summed E-state index contributed by atoms with van der Waals surface area (Å²) in [6.45, 7) is 4.60. The monoisotopic (exact) mass is 394 g/mol. The summed E-state index contributed by atoms with van der Waals surface area (Å²) in [4.78, 5) is 12.3. The summed E-state index contributed by atoms with van der Waals surface area (Å²) in [5.41, 5.74) is 0.333. The highest BCUT2D eigenvalue weighted by Crippen LogP contribution is 2.16. The SMILES string of the molecule is CCN(CC)S(=O)(=O)c1ccc(C(=O)NCCOc2ccccc2F)cc1. The van der Waals surface area contributed by atoms with Gasteiger partial charge in [0, 0.05) is 18.7 Å². The van der Waals surface area contributed by atoms with E-state index in [0.29, 0.717) is 18.7 Å². The lowest BCUT2D eigenvalue weighted by Gasteiger charge is -2.18. The molecule has 8 heteroatoms. The van der Waals surface area contributed by atoms with Crippen molar-refractivity contribution in [3.05, 3.63) is 59.9 Å². The molecule has 6 nitrogen and oxygen atoms in total. The van der Waals surface area contributed by atoms with Gasteiger partial charge in [0.05, 0.1) is 11.4 Å². The Balaban J connectivity index is 1.91. The summed E-state index contributed by atoms with van der Waals surface area (Å²) >= 11 is 0. The van der Waals surface area contributed by atoms with Crippen molar-refractivity contribution < 1.29 is 22.3 Å². The Labute approximate surface area is 159 Å². The van der Waals surface area contributed by atoms with Crippen LogP contribution in [0, 0.1) is 5.82 Å². The average molecular weight is 394 g/mol. The first-order valence-electron chi connectivity index (χ1n) is 8.65. The average Bonchev–Trinajstić information content (AvgIpc) is 2.67. The summed E-state index contributed by atoms with van der Waals surface area (Å²) < 4.78 is 44.9. The molecule has 1 N–H and O–H groups in total. The predicted octanol–water partition coefficient (Wildman–Crippen LogP) is 2.67. The van der Waals surface area contributed by atoms with Gasteiger partial charge in [-0.25, -0.2) is 12.8 Å². The van der Waals surface area contributed by atoms with Gasteiger partial charge in [-0.2, -0.15) is 4.31 Å². The first-order valence-corrected chi connectivity index (χ1v) is 10.1. The third-order valence-electron chi connectivity index (χ3n) is 3.94. The Hall–Kier alpha value is -2.45. The number of halogens is 1. The molecular weight excluding hydrogens is 371 g/mol. The fourth-order valence-electron chi connectivity index (χ4n) is 2.48. The van der Waals surface area contributed by atoms with Gasteiger partial charge in [-0.3, -0.25) is 4.79 Å². The summed E-state index contributed by atoms with van der Waals surface area (Å²) in [6.07, 6.45) is 0. The lowest BCUT2D eigenvalue weighted by molar-refractivity contribution is 0.0946.